The fourth-order valence-corrected chi connectivity index (χ4v) is 3.23. The zero-order chi connectivity index (χ0) is 14.3. The van der Waals surface area contributed by atoms with Crippen LogP contribution in [0, 0.1) is 0 Å². The Kier molecular flexibility index (Phi) is 7.10. The van der Waals surface area contributed by atoms with E-state index in [9.17, 15) is 9.90 Å². The highest BCUT2D eigenvalue weighted by Crippen LogP contribution is 2.24. The molecule has 108 valence electrons. The predicted octanol–water partition coefficient (Wildman–Crippen LogP) is 3.15. The summed E-state index contributed by atoms with van der Waals surface area (Å²) >= 11 is 1.61. The molecule has 2 N–H and O–H groups in total. The molecule has 1 aromatic heterocycles. The number of aliphatic hydroxyl groups excluding tert-OH is 1. The maximum absolute atomic E-state index is 12.0. The Hall–Kier alpha value is -0.870. The van der Waals surface area contributed by atoms with Crippen molar-refractivity contribution in [1.82, 2.24) is 5.32 Å². The molecular weight excluding hydrogens is 258 g/mol. The Bertz CT molecular complexity index is 401. The van der Waals surface area contributed by atoms with Crippen LogP contribution in [0.5, 0.6) is 0 Å². The van der Waals surface area contributed by atoms with Gasteiger partial charge in [-0.15, -0.1) is 11.3 Å². The van der Waals surface area contributed by atoms with E-state index in [2.05, 4.69) is 19.2 Å². The molecule has 1 aromatic rings. The number of nitrogens with one attached hydrogen (secondary N) is 1. The van der Waals surface area contributed by atoms with E-state index in [0.717, 1.165) is 30.6 Å². The maximum Gasteiger partial charge on any atom is 0.261 e. The molecule has 1 amide bonds. The van der Waals surface area contributed by atoms with E-state index in [1.165, 1.54) is 10.4 Å². The van der Waals surface area contributed by atoms with Gasteiger partial charge in [0.2, 0.25) is 0 Å². The van der Waals surface area contributed by atoms with Crippen LogP contribution in [-0.2, 0) is 12.8 Å². The quantitative estimate of drug-likeness (QED) is 0.770. The smallest absolute Gasteiger partial charge is 0.261 e. The van der Waals surface area contributed by atoms with E-state index in [0.29, 0.717) is 13.0 Å². The van der Waals surface area contributed by atoms with E-state index in [1.807, 2.05) is 13.0 Å². The molecule has 0 spiro atoms. The first-order valence-electron chi connectivity index (χ1n) is 7.20. The van der Waals surface area contributed by atoms with Gasteiger partial charge in [0.15, 0.2) is 0 Å². The summed E-state index contributed by atoms with van der Waals surface area (Å²) in [6, 6.07) is 2.02. The van der Waals surface area contributed by atoms with Crippen LogP contribution in [-0.4, -0.2) is 23.7 Å². The van der Waals surface area contributed by atoms with Gasteiger partial charge in [-0.2, -0.15) is 0 Å². The summed E-state index contributed by atoms with van der Waals surface area (Å²) in [5.74, 6) is -0.00893. The van der Waals surface area contributed by atoms with Crippen LogP contribution in [0.2, 0.25) is 0 Å². The largest absolute Gasteiger partial charge is 0.393 e. The summed E-state index contributed by atoms with van der Waals surface area (Å²) in [6.07, 6.45) is 4.18. The minimum Gasteiger partial charge on any atom is -0.393 e. The highest BCUT2D eigenvalue weighted by molar-refractivity contribution is 7.14. The second-order valence-electron chi connectivity index (χ2n) is 4.77. The molecule has 0 radical (unpaired) electrons. The number of hydrogen-bond acceptors (Lipinski definition) is 3. The molecule has 1 rings (SSSR count). The van der Waals surface area contributed by atoms with Gasteiger partial charge < -0.3 is 10.4 Å². The van der Waals surface area contributed by atoms with Crippen molar-refractivity contribution < 1.29 is 9.90 Å². The number of aliphatic hydroxyl groups is 1. The molecule has 0 aromatic carbocycles. The Morgan fingerprint density at radius 2 is 2.16 bits per heavy atom. The van der Waals surface area contributed by atoms with Gasteiger partial charge in [-0.1, -0.05) is 27.2 Å². The lowest BCUT2D eigenvalue weighted by Crippen LogP contribution is -2.26. The molecule has 0 bridgehead atoms. The number of hydrogen-bond donors (Lipinski definition) is 2. The lowest BCUT2D eigenvalue weighted by Gasteiger charge is -2.07. The molecule has 0 aliphatic heterocycles. The zero-order valence-electron chi connectivity index (χ0n) is 12.2. The molecule has 0 saturated heterocycles. The van der Waals surface area contributed by atoms with Gasteiger partial charge in [0.05, 0.1) is 11.0 Å². The number of amides is 1. The summed E-state index contributed by atoms with van der Waals surface area (Å²) < 4.78 is 0. The molecule has 4 heteroatoms. The van der Waals surface area contributed by atoms with Crippen LogP contribution in [0.3, 0.4) is 0 Å². The van der Waals surface area contributed by atoms with E-state index >= 15 is 0 Å². The minimum atomic E-state index is -0.314. The lowest BCUT2D eigenvalue weighted by molar-refractivity contribution is 0.0946. The maximum atomic E-state index is 12.0. The third-order valence-electron chi connectivity index (χ3n) is 3.21. The number of carbonyl (C=O) groups is 1. The molecule has 1 atom stereocenters. The van der Waals surface area contributed by atoms with Gasteiger partial charge in [-0.25, -0.2) is 0 Å². The number of rotatable bonds is 8. The lowest BCUT2D eigenvalue weighted by atomic mass is 10.1. The van der Waals surface area contributed by atoms with Gasteiger partial charge in [-0.3, -0.25) is 4.79 Å². The third kappa shape index (κ3) is 4.96. The van der Waals surface area contributed by atoms with E-state index in [-0.39, 0.29) is 12.0 Å². The van der Waals surface area contributed by atoms with Crippen molar-refractivity contribution in [2.75, 3.05) is 6.54 Å². The Morgan fingerprint density at radius 3 is 2.74 bits per heavy atom. The molecule has 0 saturated carbocycles. The van der Waals surface area contributed by atoms with Gasteiger partial charge in [0.25, 0.3) is 5.91 Å². The first kappa shape index (κ1) is 16.2. The average Bonchev–Trinajstić information content (AvgIpc) is 2.82. The van der Waals surface area contributed by atoms with Crippen molar-refractivity contribution in [2.24, 2.45) is 0 Å². The van der Waals surface area contributed by atoms with E-state index in [4.69, 9.17) is 0 Å². The summed E-state index contributed by atoms with van der Waals surface area (Å²) in [7, 11) is 0. The van der Waals surface area contributed by atoms with Crippen molar-refractivity contribution in [3.8, 4) is 0 Å². The molecule has 1 unspecified atom stereocenters. The highest BCUT2D eigenvalue weighted by Gasteiger charge is 2.13. The van der Waals surface area contributed by atoms with Crippen LogP contribution >= 0.6 is 11.3 Å². The highest BCUT2D eigenvalue weighted by atomic mass is 32.1. The van der Waals surface area contributed by atoms with Crippen molar-refractivity contribution in [3.05, 3.63) is 21.4 Å². The molecule has 3 nitrogen and oxygen atoms in total. The second kappa shape index (κ2) is 8.33. The number of aryl methyl sites for hydroxylation is 2. The Balaban J connectivity index is 2.56. The topological polar surface area (TPSA) is 49.3 Å². The molecule has 0 aliphatic carbocycles. The monoisotopic (exact) mass is 283 g/mol. The van der Waals surface area contributed by atoms with E-state index < -0.39 is 0 Å². The molecule has 0 aliphatic rings. The first-order chi connectivity index (χ1) is 9.12. The fourth-order valence-electron chi connectivity index (χ4n) is 1.96. The molecule has 1 heterocycles. The van der Waals surface area contributed by atoms with Gasteiger partial charge in [0, 0.05) is 11.4 Å². The fraction of sp³-hybridized carbons (Fsp3) is 0.667. The van der Waals surface area contributed by atoms with Crippen LogP contribution in [0.4, 0.5) is 0 Å². The first-order valence-corrected chi connectivity index (χ1v) is 8.01. The van der Waals surface area contributed by atoms with E-state index in [1.54, 1.807) is 11.3 Å². The Morgan fingerprint density at radius 1 is 1.42 bits per heavy atom. The number of carbonyl (C=O) groups excluding carboxylic acids is 1. The van der Waals surface area contributed by atoms with Crippen molar-refractivity contribution in [1.29, 1.82) is 0 Å². The average molecular weight is 283 g/mol. The SMILES string of the molecule is CCCc1sc(C(=O)NCCC(O)CC)cc1CC. The number of thiophene rings is 1. The molecular formula is C15H25NO2S. The normalized spacial score (nSPS) is 12.4. The summed E-state index contributed by atoms with van der Waals surface area (Å²) in [6.45, 7) is 6.76. The standard InChI is InChI=1S/C15H25NO2S/c1-4-7-13-11(5-2)10-14(19-13)15(18)16-9-8-12(17)6-3/h10,12,17H,4-9H2,1-3H3,(H,16,18). The van der Waals surface area contributed by atoms with Crippen LogP contribution in [0.1, 0.15) is 60.1 Å². The third-order valence-corrected chi connectivity index (χ3v) is 4.45. The van der Waals surface area contributed by atoms with Gasteiger partial charge >= 0.3 is 0 Å². The van der Waals surface area contributed by atoms with Crippen LogP contribution < -0.4 is 5.32 Å². The van der Waals surface area contributed by atoms with Gasteiger partial charge in [0.1, 0.15) is 0 Å². The van der Waals surface area contributed by atoms with Crippen LogP contribution in [0.15, 0.2) is 6.07 Å². The molecule has 19 heavy (non-hydrogen) atoms. The second-order valence-corrected chi connectivity index (χ2v) is 5.91. The summed E-state index contributed by atoms with van der Waals surface area (Å²) in [5, 5.41) is 12.3. The zero-order valence-corrected chi connectivity index (χ0v) is 13.0. The van der Waals surface area contributed by atoms with Crippen LogP contribution in [0.25, 0.3) is 0 Å². The van der Waals surface area contributed by atoms with Gasteiger partial charge in [-0.05, 0) is 37.3 Å². The predicted molar refractivity (Wildman–Crippen MR) is 80.9 cm³/mol. The van der Waals surface area contributed by atoms with Crippen molar-refractivity contribution in [2.45, 2.75) is 59.0 Å². The summed E-state index contributed by atoms with van der Waals surface area (Å²) in [4.78, 5) is 14.2. The molecule has 0 fully saturated rings. The van der Waals surface area contributed by atoms with Crippen molar-refractivity contribution in [3.63, 3.8) is 0 Å². The minimum absolute atomic E-state index is 0.00893. The van der Waals surface area contributed by atoms with Crippen molar-refractivity contribution >= 4 is 17.2 Å². The summed E-state index contributed by atoms with van der Waals surface area (Å²) in [5.41, 5.74) is 1.30. The Labute approximate surface area is 120 Å².